The topological polar surface area (TPSA) is 42.2 Å². The van der Waals surface area contributed by atoms with Gasteiger partial charge in [0.1, 0.15) is 0 Å². The highest BCUT2D eigenvalue weighted by Crippen LogP contribution is 2.43. The molecular formula is C69H51N3O. The van der Waals surface area contributed by atoms with E-state index in [1.807, 2.05) is 30.3 Å². The molecule has 1 aromatic heterocycles. The zero-order chi connectivity index (χ0) is 48.9. The predicted octanol–water partition coefficient (Wildman–Crippen LogP) is 18.6. The van der Waals surface area contributed by atoms with Crippen LogP contribution in [0.25, 0.3) is 84.1 Å². The van der Waals surface area contributed by atoms with E-state index in [0.29, 0.717) is 17.7 Å². The van der Waals surface area contributed by atoms with E-state index in [1.165, 1.54) is 39.0 Å². The molecule has 0 spiro atoms. The van der Waals surface area contributed by atoms with E-state index in [0.717, 1.165) is 61.6 Å². The van der Waals surface area contributed by atoms with E-state index in [9.17, 15) is 0 Å². The molecule has 348 valence electrons. The van der Waals surface area contributed by atoms with Gasteiger partial charge in [-0.05, 0) is 139 Å². The van der Waals surface area contributed by atoms with Gasteiger partial charge in [0.2, 0.25) is 11.8 Å². The molecule has 4 nitrogen and oxygen atoms in total. The molecule has 12 rings (SSSR count). The van der Waals surface area contributed by atoms with Crippen LogP contribution in [0.2, 0.25) is 0 Å². The van der Waals surface area contributed by atoms with Gasteiger partial charge in [0.15, 0.2) is 0 Å². The van der Waals surface area contributed by atoms with Crippen molar-refractivity contribution >= 4 is 22.6 Å². The lowest BCUT2D eigenvalue weighted by molar-refractivity contribution is 0.584. The molecule has 1 aliphatic carbocycles. The summed E-state index contributed by atoms with van der Waals surface area (Å²) < 4.78 is 6.09. The lowest BCUT2D eigenvalue weighted by atomic mass is 9.81. The maximum Gasteiger partial charge on any atom is 0.248 e. The lowest BCUT2D eigenvalue weighted by Gasteiger charge is -2.28. The van der Waals surface area contributed by atoms with Crippen LogP contribution in [-0.2, 0) is 0 Å². The van der Waals surface area contributed by atoms with Crippen LogP contribution >= 0.6 is 0 Å². The molecule has 0 N–H and O–H groups in total. The van der Waals surface area contributed by atoms with E-state index in [4.69, 9.17) is 4.42 Å². The quantitative estimate of drug-likeness (QED) is 0.122. The van der Waals surface area contributed by atoms with Gasteiger partial charge in [-0.3, -0.25) is 0 Å². The number of nitrogens with zero attached hydrogens (tertiary/aromatic N) is 3. The summed E-state index contributed by atoms with van der Waals surface area (Å²) in [7, 11) is 0. The van der Waals surface area contributed by atoms with Crippen LogP contribution in [0.5, 0.6) is 0 Å². The van der Waals surface area contributed by atoms with Crippen molar-refractivity contribution in [2.24, 2.45) is 5.92 Å². The van der Waals surface area contributed by atoms with Crippen LogP contribution in [0.15, 0.2) is 283 Å². The molecule has 0 bridgehead atoms. The second kappa shape index (κ2) is 20.2. The van der Waals surface area contributed by atoms with Gasteiger partial charge < -0.3 is 9.32 Å². The second-order valence-electron chi connectivity index (χ2n) is 18.6. The lowest BCUT2D eigenvalue weighted by Crippen LogP contribution is -2.12. The molecule has 10 aromatic carbocycles. The van der Waals surface area contributed by atoms with Crippen molar-refractivity contribution in [3.8, 4) is 78.5 Å². The summed E-state index contributed by atoms with van der Waals surface area (Å²) in [6.45, 7) is 2.32. The Balaban J connectivity index is 0.848. The molecule has 1 aliphatic rings. The van der Waals surface area contributed by atoms with E-state index in [-0.39, 0.29) is 5.92 Å². The maximum atomic E-state index is 6.09. The van der Waals surface area contributed by atoms with E-state index >= 15 is 0 Å². The third kappa shape index (κ3) is 9.38. The minimum atomic E-state index is 0.289. The van der Waals surface area contributed by atoms with Gasteiger partial charge in [0, 0.05) is 34.1 Å². The molecule has 11 aromatic rings. The number of hydrogen-bond acceptors (Lipinski definition) is 4. The Labute approximate surface area is 427 Å². The third-order valence-electron chi connectivity index (χ3n) is 14.1. The Hall–Kier alpha value is -9.38. The average molecular weight is 938 g/mol. The van der Waals surface area contributed by atoms with Crippen LogP contribution in [0, 0.1) is 5.92 Å². The van der Waals surface area contributed by atoms with Gasteiger partial charge in [-0.25, -0.2) is 0 Å². The highest BCUT2D eigenvalue weighted by atomic mass is 16.4. The Morgan fingerprint density at radius 2 is 0.671 bits per heavy atom. The fourth-order valence-corrected chi connectivity index (χ4v) is 10.2. The number of hydrogen-bond donors (Lipinski definition) is 0. The minimum absolute atomic E-state index is 0.289. The number of benzene rings is 10. The fraction of sp³-hybridized carbons (Fsp3) is 0.0435. The van der Waals surface area contributed by atoms with Crippen molar-refractivity contribution in [3.63, 3.8) is 0 Å². The van der Waals surface area contributed by atoms with Crippen molar-refractivity contribution < 1.29 is 4.42 Å². The van der Waals surface area contributed by atoms with Crippen LogP contribution in [0.1, 0.15) is 24.0 Å². The largest absolute Gasteiger partial charge is 0.416 e. The molecular weight excluding hydrogens is 887 g/mol. The fourth-order valence-electron chi connectivity index (χ4n) is 10.2. The standard InChI is InChI=1S/C69H51N3O/c1-48-47-59(50-17-7-3-8-18-50)39-46-63(48)54-35-42-61(43-36-54)72(60-40-33-53(34-41-60)52-27-25-51(26-28-52)49-15-5-2-6-16-49)62-44-37-56(38-45-62)65-22-12-14-24-67(65)66-23-13-11-21-64(66)55-29-31-58(32-30-55)69-71-70-68(73-69)57-19-9-4-10-20-57/h2-48,63H,1H3. The minimum Gasteiger partial charge on any atom is -0.416 e. The molecule has 4 heteroatoms. The molecule has 73 heavy (non-hydrogen) atoms. The van der Waals surface area contributed by atoms with Crippen molar-refractivity contribution in [2.45, 2.75) is 12.8 Å². The van der Waals surface area contributed by atoms with Crippen LogP contribution in [0.3, 0.4) is 0 Å². The van der Waals surface area contributed by atoms with Gasteiger partial charge >= 0.3 is 0 Å². The summed E-state index contributed by atoms with van der Waals surface area (Å²) in [4.78, 5) is 2.37. The van der Waals surface area contributed by atoms with Crippen molar-refractivity contribution in [1.82, 2.24) is 10.2 Å². The van der Waals surface area contributed by atoms with E-state index < -0.39 is 0 Å². The Bertz CT molecular complexity index is 3690. The normalized spacial score (nSPS) is 14.1. The van der Waals surface area contributed by atoms with Gasteiger partial charge in [-0.2, -0.15) is 0 Å². The van der Waals surface area contributed by atoms with Gasteiger partial charge in [-0.1, -0.05) is 225 Å². The highest BCUT2D eigenvalue weighted by molar-refractivity contribution is 5.92. The number of anilines is 3. The first kappa shape index (κ1) is 44.8. The monoisotopic (exact) mass is 937 g/mol. The molecule has 0 fully saturated rings. The maximum absolute atomic E-state index is 6.09. The Kier molecular flexibility index (Phi) is 12.4. The van der Waals surface area contributed by atoms with Crippen molar-refractivity contribution in [3.05, 3.63) is 290 Å². The van der Waals surface area contributed by atoms with Crippen molar-refractivity contribution in [2.75, 3.05) is 4.90 Å². The molecule has 0 saturated heterocycles. The van der Waals surface area contributed by atoms with Crippen LogP contribution in [0.4, 0.5) is 17.1 Å². The second-order valence-corrected chi connectivity index (χ2v) is 18.6. The number of rotatable bonds is 12. The Morgan fingerprint density at radius 1 is 0.329 bits per heavy atom. The third-order valence-corrected chi connectivity index (χ3v) is 14.1. The summed E-state index contributed by atoms with van der Waals surface area (Å²) in [6.07, 6.45) is 7.06. The average Bonchev–Trinajstić information content (AvgIpc) is 3.98. The number of allylic oxidation sites excluding steroid dienone is 4. The molecule has 0 saturated carbocycles. The first-order valence-electron chi connectivity index (χ1n) is 25.0. The first-order chi connectivity index (χ1) is 36.1. The Morgan fingerprint density at radius 3 is 1.15 bits per heavy atom. The summed E-state index contributed by atoms with van der Waals surface area (Å²) in [6, 6.07) is 92.8. The summed E-state index contributed by atoms with van der Waals surface area (Å²) >= 11 is 0. The summed E-state index contributed by atoms with van der Waals surface area (Å²) in [5.41, 5.74) is 20.5. The van der Waals surface area contributed by atoms with Gasteiger partial charge in [-0.15, -0.1) is 10.2 Å². The van der Waals surface area contributed by atoms with Gasteiger partial charge in [0.25, 0.3) is 0 Å². The van der Waals surface area contributed by atoms with E-state index in [1.54, 1.807) is 0 Å². The smallest absolute Gasteiger partial charge is 0.248 e. The molecule has 2 unspecified atom stereocenters. The molecule has 0 aliphatic heterocycles. The summed E-state index contributed by atoms with van der Waals surface area (Å²) in [5.74, 6) is 1.64. The molecule has 2 atom stereocenters. The predicted molar refractivity (Wildman–Crippen MR) is 302 cm³/mol. The zero-order valence-corrected chi connectivity index (χ0v) is 40.5. The van der Waals surface area contributed by atoms with Crippen LogP contribution in [-0.4, -0.2) is 10.2 Å². The highest BCUT2D eigenvalue weighted by Gasteiger charge is 2.22. The molecule has 0 amide bonds. The molecule has 1 heterocycles. The summed E-state index contributed by atoms with van der Waals surface area (Å²) in [5, 5.41) is 8.67. The zero-order valence-electron chi connectivity index (χ0n) is 40.5. The number of aromatic nitrogens is 2. The van der Waals surface area contributed by atoms with Crippen molar-refractivity contribution in [1.29, 1.82) is 0 Å². The SMILES string of the molecule is CC1C=C(c2ccccc2)C=CC1c1ccc(N(c2ccc(-c3ccc(-c4ccccc4)cc3)cc2)c2ccc(-c3ccccc3-c3ccccc3-c3ccc(-c4nnc(-c5ccccc5)o4)cc3)cc2)cc1. The molecule has 0 radical (unpaired) electrons. The van der Waals surface area contributed by atoms with Gasteiger partial charge in [0.05, 0.1) is 0 Å². The first-order valence-corrected chi connectivity index (χ1v) is 25.0. The van der Waals surface area contributed by atoms with E-state index in [2.05, 4.69) is 271 Å². The van der Waals surface area contributed by atoms with Crippen LogP contribution < -0.4 is 4.90 Å².